The van der Waals surface area contributed by atoms with E-state index in [0.29, 0.717) is 66.3 Å². The highest BCUT2D eigenvalue weighted by molar-refractivity contribution is 6.14. The van der Waals surface area contributed by atoms with E-state index in [9.17, 15) is 18.0 Å². The van der Waals surface area contributed by atoms with Crippen molar-refractivity contribution in [3.63, 3.8) is 0 Å². The van der Waals surface area contributed by atoms with Crippen LogP contribution in [-0.4, -0.2) is 52.5 Å². The number of morpholine rings is 1. The minimum Gasteiger partial charge on any atom is -0.378 e. The van der Waals surface area contributed by atoms with Crippen LogP contribution in [0.25, 0.3) is 5.65 Å². The van der Waals surface area contributed by atoms with Crippen LogP contribution >= 0.6 is 0 Å². The number of amides is 1. The van der Waals surface area contributed by atoms with E-state index in [0.717, 1.165) is 48.6 Å². The molecule has 52 heavy (non-hydrogen) atoms. The molecule has 1 unspecified atom stereocenters. The Morgan fingerprint density at radius 1 is 0.962 bits per heavy atom. The highest BCUT2D eigenvalue weighted by atomic mass is 19.4. The predicted octanol–water partition coefficient (Wildman–Crippen LogP) is 8.10. The fraction of sp³-hybridized carbons (Fsp3) is 0.366. The second kappa shape index (κ2) is 15.3. The Kier molecular flexibility index (Phi) is 10.4. The van der Waals surface area contributed by atoms with Gasteiger partial charge in [-0.2, -0.15) is 13.2 Å². The number of halogens is 3. The summed E-state index contributed by atoms with van der Waals surface area (Å²) in [7, 11) is 0. The van der Waals surface area contributed by atoms with E-state index in [2.05, 4.69) is 17.1 Å². The third kappa shape index (κ3) is 7.74. The number of nitrogens with one attached hydrogen (secondary N) is 1. The van der Waals surface area contributed by atoms with E-state index in [1.54, 1.807) is 10.6 Å². The van der Waals surface area contributed by atoms with Crippen molar-refractivity contribution in [2.75, 3.05) is 31.2 Å². The van der Waals surface area contributed by atoms with Crippen LogP contribution in [-0.2, 0) is 28.7 Å². The molecule has 0 bridgehead atoms. The maximum absolute atomic E-state index is 14.1. The van der Waals surface area contributed by atoms with E-state index in [1.807, 2.05) is 66.7 Å². The van der Waals surface area contributed by atoms with Crippen molar-refractivity contribution in [1.82, 2.24) is 19.9 Å². The topological polar surface area (TPSA) is 84.1 Å². The van der Waals surface area contributed by atoms with Crippen molar-refractivity contribution in [2.24, 2.45) is 16.8 Å². The van der Waals surface area contributed by atoms with Gasteiger partial charge in [0, 0.05) is 42.6 Å². The third-order valence-electron chi connectivity index (χ3n) is 10.2. The van der Waals surface area contributed by atoms with Gasteiger partial charge in [0.15, 0.2) is 11.5 Å². The summed E-state index contributed by atoms with van der Waals surface area (Å²) in [6.45, 7) is 6.10. The van der Waals surface area contributed by atoms with Crippen molar-refractivity contribution in [3.05, 3.63) is 124 Å². The van der Waals surface area contributed by atoms with E-state index in [1.165, 1.54) is 13.0 Å². The Bertz CT molecular complexity index is 2010. The quantitative estimate of drug-likeness (QED) is 0.157. The van der Waals surface area contributed by atoms with Gasteiger partial charge in [-0.15, -0.1) is 5.10 Å². The first-order valence-corrected chi connectivity index (χ1v) is 18.0. The highest BCUT2D eigenvalue weighted by Crippen LogP contribution is 2.35. The molecule has 0 radical (unpaired) electrons. The van der Waals surface area contributed by atoms with Crippen molar-refractivity contribution >= 4 is 28.8 Å². The standard InChI is InChI=1S/C41H43F3N6O2/c1-27-11-9-17-32(23-27)40(51)45-26-35-36(24-31-16-10-18-33(28(31)2)41(42,43)44)50-39(47-35)34(25-37(48-50)49-19-21-52-22-20-49)46-38(29-12-5-3-6-13-29)30-14-7-4-8-15-30/h3-8,10,12-16,18,25,27,32H,9,11,17,19-24,26H2,1-2H3,(H,45,51)/t27?,32-/m1/s1. The number of anilines is 1. The maximum atomic E-state index is 14.1. The minimum absolute atomic E-state index is 0.0274. The molecule has 1 saturated carbocycles. The Labute approximate surface area is 301 Å². The van der Waals surface area contributed by atoms with Crippen LogP contribution < -0.4 is 10.2 Å². The molecule has 5 aromatic rings. The molecule has 2 aliphatic rings. The number of ether oxygens (including phenoxy) is 1. The molecule has 8 nitrogen and oxygen atoms in total. The monoisotopic (exact) mass is 708 g/mol. The fourth-order valence-corrected chi connectivity index (χ4v) is 7.39. The number of rotatable bonds is 9. The molecular formula is C41H43F3N6O2. The Hall–Kier alpha value is -5.03. The molecule has 1 saturated heterocycles. The van der Waals surface area contributed by atoms with Gasteiger partial charge in [0.1, 0.15) is 5.69 Å². The molecule has 2 atom stereocenters. The number of imidazole rings is 1. The summed E-state index contributed by atoms with van der Waals surface area (Å²) >= 11 is 0. The van der Waals surface area contributed by atoms with Crippen molar-refractivity contribution in [1.29, 1.82) is 0 Å². The van der Waals surface area contributed by atoms with Gasteiger partial charge in [0.05, 0.1) is 42.4 Å². The highest BCUT2D eigenvalue weighted by Gasteiger charge is 2.33. The van der Waals surface area contributed by atoms with Gasteiger partial charge in [-0.1, -0.05) is 92.6 Å². The van der Waals surface area contributed by atoms with Gasteiger partial charge in [0.2, 0.25) is 5.91 Å². The van der Waals surface area contributed by atoms with Gasteiger partial charge in [-0.05, 0) is 42.9 Å². The van der Waals surface area contributed by atoms with Gasteiger partial charge in [-0.25, -0.2) is 14.5 Å². The molecule has 0 spiro atoms. The second-order valence-corrected chi connectivity index (χ2v) is 13.9. The average molecular weight is 709 g/mol. The average Bonchev–Trinajstić information content (AvgIpc) is 3.51. The van der Waals surface area contributed by atoms with Crippen molar-refractivity contribution in [2.45, 2.75) is 58.7 Å². The van der Waals surface area contributed by atoms with Crippen molar-refractivity contribution in [3.8, 4) is 0 Å². The normalized spacial score (nSPS) is 18.0. The van der Waals surface area contributed by atoms with Gasteiger partial charge < -0.3 is 15.0 Å². The van der Waals surface area contributed by atoms with E-state index in [-0.39, 0.29) is 30.4 Å². The molecule has 2 aromatic heterocycles. The van der Waals surface area contributed by atoms with E-state index >= 15 is 0 Å². The van der Waals surface area contributed by atoms with Crippen LogP contribution in [0.4, 0.5) is 24.7 Å². The lowest BCUT2D eigenvalue weighted by Gasteiger charge is -2.28. The molecule has 7 rings (SSSR count). The fourth-order valence-electron chi connectivity index (χ4n) is 7.39. The Morgan fingerprint density at radius 3 is 2.31 bits per heavy atom. The lowest BCUT2D eigenvalue weighted by atomic mass is 9.82. The number of carbonyl (C=O) groups is 1. The zero-order chi connectivity index (χ0) is 36.2. The largest absolute Gasteiger partial charge is 0.416 e. The van der Waals surface area contributed by atoms with Crippen molar-refractivity contribution < 1.29 is 22.7 Å². The summed E-state index contributed by atoms with van der Waals surface area (Å²) in [5, 5.41) is 8.21. The Balaban J connectivity index is 1.41. The first kappa shape index (κ1) is 35.4. The molecule has 270 valence electrons. The third-order valence-corrected chi connectivity index (χ3v) is 10.2. The number of benzene rings is 3. The first-order chi connectivity index (χ1) is 25.2. The molecule has 3 aromatic carbocycles. The SMILES string of the molecule is Cc1c(Cc2c(CNC(=O)[C@@H]3CCCC(C)C3)nc3c(N=C(c4ccccc4)c4ccccc4)cc(N4CCOCC4)nn23)cccc1C(F)(F)F. The zero-order valence-electron chi connectivity index (χ0n) is 29.5. The minimum atomic E-state index is -4.50. The Morgan fingerprint density at radius 2 is 1.65 bits per heavy atom. The maximum Gasteiger partial charge on any atom is 0.416 e. The summed E-state index contributed by atoms with van der Waals surface area (Å²) < 4.78 is 49.5. The number of aliphatic imine (C=N–C) groups is 1. The van der Waals surface area contributed by atoms with Crippen LogP contribution in [0.15, 0.2) is 89.9 Å². The predicted molar refractivity (Wildman–Crippen MR) is 196 cm³/mol. The zero-order valence-corrected chi connectivity index (χ0v) is 29.5. The molecule has 1 aliphatic carbocycles. The number of fused-ring (bicyclic) bond motifs is 1. The van der Waals surface area contributed by atoms with Gasteiger partial charge in [-0.3, -0.25) is 4.79 Å². The summed E-state index contributed by atoms with van der Waals surface area (Å²) in [4.78, 5) is 26.0. The smallest absolute Gasteiger partial charge is 0.378 e. The molecule has 3 heterocycles. The van der Waals surface area contributed by atoms with E-state index < -0.39 is 11.7 Å². The molecule has 1 amide bonds. The second-order valence-electron chi connectivity index (χ2n) is 13.9. The molecule has 1 aliphatic heterocycles. The summed E-state index contributed by atoms with van der Waals surface area (Å²) in [5.74, 6) is 1.02. The number of aromatic nitrogens is 3. The number of hydrogen-bond acceptors (Lipinski definition) is 6. The van der Waals surface area contributed by atoms with Crippen LogP contribution in [0.3, 0.4) is 0 Å². The van der Waals surface area contributed by atoms with Crippen LogP contribution in [0.5, 0.6) is 0 Å². The molecule has 11 heteroatoms. The van der Waals surface area contributed by atoms with Crippen LogP contribution in [0.1, 0.15) is 71.8 Å². The van der Waals surface area contributed by atoms with Gasteiger partial charge >= 0.3 is 6.18 Å². The summed E-state index contributed by atoms with van der Waals surface area (Å²) in [5.41, 5.74) is 4.69. The summed E-state index contributed by atoms with van der Waals surface area (Å²) in [6, 6.07) is 26.0. The van der Waals surface area contributed by atoms with Crippen LogP contribution in [0, 0.1) is 18.8 Å². The van der Waals surface area contributed by atoms with Gasteiger partial charge in [0.25, 0.3) is 0 Å². The number of nitrogens with zero attached hydrogens (tertiary/aromatic N) is 5. The lowest BCUT2D eigenvalue weighted by Crippen LogP contribution is -2.37. The molecule has 2 fully saturated rings. The number of hydrogen-bond donors (Lipinski definition) is 1. The number of carbonyl (C=O) groups excluding carboxylic acids is 1. The lowest BCUT2D eigenvalue weighted by molar-refractivity contribution is -0.138. The first-order valence-electron chi connectivity index (χ1n) is 18.0. The van der Waals surface area contributed by atoms with Crippen LogP contribution in [0.2, 0.25) is 0 Å². The van der Waals surface area contributed by atoms with E-state index in [4.69, 9.17) is 19.8 Å². The molecule has 1 N–H and O–H groups in total. The number of alkyl halides is 3. The molecular weight excluding hydrogens is 665 g/mol. The summed E-state index contributed by atoms with van der Waals surface area (Å²) in [6.07, 6.45) is -0.585.